The zero-order valence-corrected chi connectivity index (χ0v) is 15.1. The summed E-state index contributed by atoms with van der Waals surface area (Å²) in [5, 5.41) is 12.0. The number of benzene rings is 1. The molecule has 1 aromatic heterocycles. The average molecular weight is 339 g/mol. The third kappa shape index (κ3) is 4.05. The van der Waals surface area contributed by atoms with Gasteiger partial charge in [0.2, 0.25) is 0 Å². The van der Waals surface area contributed by atoms with Gasteiger partial charge in [0.15, 0.2) is 0 Å². The summed E-state index contributed by atoms with van der Waals surface area (Å²) in [4.78, 5) is 2.60. The summed E-state index contributed by atoms with van der Waals surface area (Å²) < 4.78 is 2.11. The maximum atomic E-state index is 4.59. The molecule has 1 aromatic carbocycles. The van der Waals surface area contributed by atoms with Gasteiger partial charge in [-0.25, -0.2) is 4.68 Å². The molecule has 0 saturated carbocycles. The number of likely N-dealkylation sites (tertiary alicyclic amines) is 1. The summed E-state index contributed by atoms with van der Waals surface area (Å²) in [5.74, 6) is 1.72. The Morgan fingerprint density at radius 2 is 2.04 bits per heavy atom. The van der Waals surface area contributed by atoms with Crippen LogP contribution >= 0.6 is 0 Å². The van der Waals surface area contributed by atoms with E-state index >= 15 is 0 Å². The van der Waals surface area contributed by atoms with E-state index in [0.717, 1.165) is 37.7 Å². The first-order chi connectivity index (χ1) is 12.3. The molecule has 0 amide bonds. The third-order valence-corrected chi connectivity index (χ3v) is 5.40. The summed E-state index contributed by atoms with van der Waals surface area (Å²) in [5.41, 5.74) is 2.49. The topological polar surface area (TPSA) is 45.1 Å². The van der Waals surface area contributed by atoms with Gasteiger partial charge in [0, 0.05) is 44.2 Å². The maximum Gasteiger partial charge on any atom is 0.124 e. The molecule has 0 radical (unpaired) electrons. The average Bonchev–Trinajstić information content (AvgIpc) is 3.27. The molecule has 1 saturated heterocycles. The summed E-state index contributed by atoms with van der Waals surface area (Å²) in [6.45, 7) is 8.67. The SMILES string of the molecule is Cc1cc2n(n1)CC(CNC(CN1CCCC1)c1ccccc1)CN2. The van der Waals surface area contributed by atoms with Crippen LogP contribution in [0.2, 0.25) is 0 Å². The first kappa shape index (κ1) is 16.6. The van der Waals surface area contributed by atoms with Crippen LogP contribution in [-0.4, -0.2) is 47.4 Å². The first-order valence-corrected chi connectivity index (χ1v) is 9.57. The van der Waals surface area contributed by atoms with Crippen molar-refractivity contribution in [1.29, 1.82) is 0 Å². The Bertz CT molecular complexity index is 675. The van der Waals surface area contributed by atoms with Crippen LogP contribution in [0.5, 0.6) is 0 Å². The van der Waals surface area contributed by atoms with E-state index in [1.807, 2.05) is 0 Å². The Kier molecular flexibility index (Phi) is 5.04. The van der Waals surface area contributed by atoms with E-state index in [4.69, 9.17) is 0 Å². The molecule has 1 fully saturated rings. The highest BCUT2D eigenvalue weighted by Crippen LogP contribution is 2.21. The number of fused-ring (bicyclic) bond motifs is 1. The van der Waals surface area contributed by atoms with Crippen LogP contribution in [-0.2, 0) is 6.54 Å². The summed E-state index contributed by atoms with van der Waals surface area (Å²) in [6, 6.07) is 13.4. The molecule has 2 unspecified atom stereocenters. The van der Waals surface area contributed by atoms with Crippen molar-refractivity contribution in [1.82, 2.24) is 20.0 Å². The van der Waals surface area contributed by atoms with Crippen LogP contribution in [0, 0.1) is 12.8 Å². The molecule has 5 nitrogen and oxygen atoms in total. The molecule has 0 aliphatic carbocycles. The molecule has 2 atom stereocenters. The lowest BCUT2D eigenvalue weighted by Gasteiger charge is -2.29. The highest BCUT2D eigenvalue weighted by Gasteiger charge is 2.22. The van der Waals surface area contributed by atoms with E-state index in [9.17, 15) is 0 Å². The van der Waals surface area contributed by atoms with Crippen LogP contribution in [0.4, 0.5) is 5.82 Å². The van der Waals surface area contributed by atoms with Gasteiger partial charge >= 0.3 is 0 Å². The second-order valence-electron chi connectivity index (χ2n) is 7.48. The Morgan fingerprint density at radius 3 is 2.84 bits per heavy atom. The number of nitrogens with zero attached hydrogens (tertiary/aromatic N) is 3. The van der Waals surface area contributed by atoms with Crippen molar-refractivity contribution < 1.29 is 0 Å². The molecule has 2 N–H and O–H groups in total. The van der Waals surface area contributed by atoms with E-state index in [1.54, 1.807) is 0 Å². The molecule has 5 heteroatoms. The number of rotatable bonds is 6. The number of hydrogen-bond acceptors (Lipinski definition) is 4. The Morgan fingerprint density at radius 1 is 1.24 bits per heavy atom. The van der Waals surface area contributed by atoms with Crippen molar-refractivity contribution in [2.45, 2.75) is 32.4 Å². The molecule has 0 bridgehead atoms. The fraction of sp³-hybridized carbons (Fsp3) is 0.550. The van der Waals surface area contributed by atoms with Crippen molar-refractivity contribution in [3.63, 3.8) is 0 Å². The van der Waals surface area contributed by atoms with E-state index in [0.29, 0.717) is 12.0 Å². The normalized spacial score (nSPS) is 21.7. The lowest BCUT2D eigenvalue weighted by molar-refractivity contribution is 0.278. The number of nitrogens with one attached hydrogen (secondary N) is 2. The molecule has 0 spiro atoms. The highest BCUT2D eigenvalue weighted by molar-refractivity contribution is 5.38. The van der Waals surface area contributed by atoms with Crippen LogP contribution in [0.3, 0.4) is 0 Å². The van der Waals surface area contributed by atoms with Crippen LogP contribution < -0.4 is 10.6 Å². The number of aryl methyl sites for hydroxylation is 1. The van der Waals surface area contributed by atoms with Crippen molar-refractivity contribution >= 4 is 5.82 Å². The van der Waals surface area contributed by atoms with Gasteiger partial charge in [0.25, 0.3) is 0 Å². The Balaban J connectivity index is 1.38. The Hall–Kier alpha value is -1.85. The monoisotopic (exact) mass is 339 g/mol. The summed E-state index contributed by atoms with van der Waals surface area (Å²) in [7, 11) is 0. The largest absolute Gasteiger partial charge is 0.370 e. The molecule has 2 aliphatic heterocycles. The van der Waals surface area contributed by atoms with Gasteiger partial charge in [-0.2, -0.15) is 5.10 Å². The predicted molar refractivity (Wildman–Crippen MR) is 102 cm³/mol. The fourth-order valence-electron chi connectivity index (χ4n) is 4.03. The number of aromatic nitrogens is 2. The standard InChI is InChI=1S/C20H29N5/c1-16-11-20-22-13-17(14-25(20)23-16)12-21-19(15-24-9-5-6-10-24)18-7-3-2-4-8-18/h2-4,7-8,11,17,19,21-22H,5-6,9-10,12-15H2,1H3. The molecule has 25 heavy (non-hydrogen) atoms. The molecular weight excluding hydrogens is 310 g/mol. The quantitative estimate of drug-likeness (QED) is 0.849. The van der Waals surface area contributed by atoms with Gasteiger partial charge in [-0.15, -0.1) is 0 Å². The van der Waals surface area contributed by atoms with Crippen LogP contribution in [0.15, 0.2) is 36.4 Å². The van der Waals surface area contributed by atoms with Crippen LogP contribution in [0.25, 0.3) is 0 Å². The van der Waals surface area contributed by atoms with Gasteiger partial charge in [-0.1, -0.05) is 30.3 Å². The number of hydrogen-bond donors (Lipinski definition) is 2. The third-order valence-electron chi connectivity index (χ3n) is 5.40. The maximum absolute atomic E-state index is 4.59. The van der Waals surface area contributed by atoms with E-state index in [1.165, 1.54) is 31.5 Å². The number of anilines is 1. The molecule has 3 heterocycles. The van der Waals surface area contributed by atoms with Gasteiger partial charge < -0.3 is 15.5 Å². The molecule has 4 rings (SSSR count). The van der Waals surface area contributed by atoms with E-state index < -0.39 is 0 Å². The molecule has 2 aromatic rings. The van der Waals surface area contributed by atoms with Crippen molar-refractivity contribution in [3.05, 3.63) is 47.7 Å². The lowest BCUT2D eigenvalue weighted by Crippen LogP contribution is -2.40. The second-order valence-corrected chi connectivity index (χ2v) is 7.48. The van der Waals surface area contributed by atoms with Crippen molar-refractivity contribution in [2.24, 2.45) is 5.92 Å². The first-order valence-electron chi connectivity index (χ1n) is 9.57. The van der Waals surface area contributed by atoms with E-state index in [-0.39, 0.29) is 0 Å². The minimum Gasteiger partial charge on any atom is -0.370 e. The smallest absolute Gasteiger partial charge is 0.124 e. The Labute approximate surface area is 150 Å². The van der Waals surface area contributed by atoms with Gasteiger partial charge in [0.1, 0.15) is 5.82 Å². The van der Waals surface area contributed by atoms with Crippen molar-refractivity contribution in [3.8, 4) is 0 Å². The second kappa shape index (κ2) is 7.58. The molecule has 2 aliphatic rings. The van der Waals surface area contributed by atoms with Gasteiger partial charge in [-0.3, -0.25) is 0 Å². The lowest BCUT2D eigenvalue weighted by atomic mass is 10.0. The van der Waals surface area contributed by atoms with Gasteiger partial charge in [0.05, 0.1) is 5.69 Å². The molecular formula is C20H29N5. The predicted octanol–water partition coefficient (Wildman–Crippen LogP) is 2.66. The zero-order valence-electron chi connectivity index (χ0n) is 15.1. The minimum absolute atomic E-state index is 0.403. The van der Waals surface area contributed by atoms with Gasteiger partial charge in [-0.05, 0) is 38.4 Å². The van der Waals surface area contributed by atoms with Crippen molar-refractivity contribution in [2.75, 3.05) is 38.0 Å². The van der Waals surface area contributed by atoms with E-state index in [2.05, 4.69) is 68.6 Å². The summed E-state index contributed by atoms with van der Waals surface area (Å²) in [6.07, 6.45) is 2.69. The fourth-order valence-corrected chi connectivity index (χ4v) is 4.03. The zero-order chi connectivity index (χ0) is 17.1. The highest BCUT2D eigenvalue weighted by atomic mass is 15.3. The minimum atomic E-state index is 0.403. The van der Waals surface area contributed by atoms with Crippen LogP contribution in [0.1, 0.15) is 30.1 Å². The molecule has 134 valence electrons. The summed E-state index contributed by atoms with van der Waals surface area (Å²) >= 11 is 0.